The smallest absolute Gasteiger partial charge is 0.352 e. The average molecular weight is 602 g/mol. The number of halogens is 4. The Morgan fingerprint density at radius 1 is 1.12 bits per heavy atom. The standard InChI is InChI=1S/C24H23F4N5O5S2/c25-16-10-17-18(9-15(16)12-1-3-14(4-2-12)32-23(29)36)39-22(33-17)20(40(37,38)8-7-24(26,27)28)21(35)30-11-19(34)31-13-5-6-13/h1-4,9-10,13,20H,5-8,11H2,(H,30,35)(H,31,34)(H3,29,32,36). The van der Waals surface area contributed by atoms with E-state index >= 15 is 0 Å². The lowest BCUT2D eigenvalue weighted by Crippen LogP contribution is -2.41. The molecule has 0 saturated heterocycles. The summed E-state index contributed by atoms with van der Waals surface area (Å²) in [7, 11) is -4.76. The Hall–Kier alpha value is -3.79. The number of nitrogens with one attached hydrogen (secondary N) is 3. The van der Waals surface area contributed by atoms with E-state index in [1.54, 1.807) is 0 Å². The van der Waals surface area contributed by atoms with E-state index < -0.39 is 63.6 Å². The van der Waals surface area contributed by atoms with Crippen molar-refractivity contribution < 1.29 is 40.4 Å². The molecule has 1 atom stereocenters. The average Bonchev–Trinajstić information content (AvgIpc) is 3.58. The van der Waals surface area contributed by atoms with Crippen molar-refractivity contribution in [2.45, 2.75) is 36.7 Å². The van der Waals surface area contributed by atoms with Crippen LogP contribution in [0.15, 0.2) is 36.4 Å². The number of amides is 4. The van der Waals surface area contributed by atoms with E-state index in [1.165, 1.54) is 30.3 Å². The van der Waals surface area contributed by atoms with Crippen LogP contribution in [0.1, 0.15) is 29.5 Å². The number of nitrogens with zero attached hydrogens (tertiary/aromatic N) is 1. The number of carbonyl (C=O) groups excluding carboxylic acids is 3. The first-order valence-electron chi connectivity index (χ1n) is 11.8. The third kappa shape index (κ3) is 7.44. The number of carbonyl (C=O) groups is 3. The molecule has 10 nitrogen and oxygen atoms in total. The van der Waals surface area contributed by atoms with E-state index in [0.29, 0.717) is 22.6 Å². The molecule has 4 amide bonds. The van der Waals surface area contributed by atoms with Gasteiger partial charge in [-0.2, -0.15) is 13.2 Å². The van der Waals surface area contributed by atoms with Gasteiger partial charge < -0.3 is 21.7 Å². The number of sulfone groups is 1. The molecule has 214 valence electrons. The highest BCUT2D eigenvalue weighted by molar-refractivity contribution is 7.92. The molecule has 1 aromatic heterocycles. The van der Waals surface area contributed by atoms with Gasteiger partial charge in [-0.15, -0.1) is 11.3 Å². The summed E-state index contributed by atoms with van der Waals surface area (Å²) >= 11 is 0.705. The number of fused-ring (bicyclic) bond motifs is 1. The number of aromatic nitrogens is 1. The second kappa shape index (κ2) is 11.4. The molecule has 0 aliphatic heterocycles. The number of hydrogen-bond acceptors (Lipinski definition) is 7. The molecule has 5 N–H and O–H groups in total. The minimum atomic E-state index is -4.80. The van der Waals surface area contributed by atoms with Crippen molar-refractivity contribution in [1.29, 1.82) is 0 Å². The normalized spacial score (nSPS) is 14.5. The summed E-state index contributed by atoms with van der Waals surface area (Å²) < 4.78 is 79.7. The highest BCUT2D eigenvalue weighted by Crippen LogP contribution is 2.36. The first kappa shape index (κ1) is 29.2. The largest absolute Gasteiger partial charge is 0.390 e. The first-order chi connectivity index (χ1) is 18.7. The summed E-state index contributed by atoms with van der Waals surface area (Å²) in [5.74, 6) is -3.91. The van der Waals surface area contributed by atoms with Gasteiger partial charge in [0, 0.05) is 23.4 Å². The van der Waals surface area contributed by atoms with Crippen molar-refractivity contribution in [3.05, 3.63) is 47.2 Å². The Balaban J connectivity index is 1.65. The van der Waals surface area contributed by atoms with Crippen molar-refractivity contribution in [2.75, 3.05) is 17.6 Å². The summed E-state index contributed by atoms with van der Waals surface area (Å²) in [6.07, 6.45) is -4.95. The number of thiazole rings is 1. The zero-order chi connectivity index (χ0) is 29.2. The summed E-state index contributed by atoms with van der Waals surface area (Å²) in [6, 6.07) is 7.53. The van der Waals surface area contributed by atoms with Crippen LogP contribution in [0.5, 0.6) is 0 Å². The van der Waals surface area contributed by atoms with Crippen LogP contribution in [0.2, 0.25) is 0 Å². The van der Waals surface area contributed by atoms with E-state index in [4.69, 9.17) is 5.73 Å². The fourth-order valence-corrected chi connectivity index (χ4v) is 6.82. The molecule has 3 aromatic rings. The van der Waals surface area contributed by atoms with Crippen molar-refractivity contribution >= 4 is 54.9 Å². The lowest BCUT2D eigenvalue weighted by Gasteiger charge is -2.16. The van der Waals surface area contributed by atoms with Gasteiger partial charge in [0.1, 0.15) is 10.8 Å². The number of hydrogen-bond donors (Lipinski definition) is 4. The van der Waals surface area contributed by atoms with Crippen LogP contribution < -0.4 is 21.7 Å². The van der Waals surface area contributed by atoms with Crippen molar-refractivity contribution in [2.24, 2.45) is 5.73 Å². The number of alkyl halides is 3. The number of urea groups is 1. The van der Waals surface area contributed by atoms with Crippen molar-refractivity contribution in [3.63, 3.8) is 0 Å². The Morgan fingerprint density at radius 2 is 1.80 bits per heavy atom. The second-order valence-electron chi connectivity index (χ2n) is 9.09. The molecule has 1 saturated carbocycles. The van der Waals surface area contributed by atoms with Gasteiger partial charge in [-0.25, -0.2) is 22.6 Å². The SMILES string of the molecule is NC(=O)Nc1ccc(-c2cc3sc(C(C(=O)NCC(=O)NC4CC4)S(=O)(=O)CCC(F)(F)F)nc3cc2F)cc1. The molecule has 4 rings (SSSR count). The highest BCUT2D eigenvalue weighted by Gasteiger charge is 2.40. The highest BCUT2D eigenvalue weighted by atomic mass is 32.2. The van der Waals surface area contributed by atoms with Crippen LogP contribution in [0, 0.1) is 5.82 Å². The summed E-state index contributed by atoms with van der Waals surface area (Å²) in [5, 5.41) is 4.62. The minimum absolute atomic E-state index is 0.0106. The van der Waals surface area contributed by atoms with Crippen molar-refractivity contribution in [3.8, 4) is 11.1 Å². The van der Waals surface area contributed by atoms with E-state index in [0.717, 1.165) is 18.9 Å². The van der Waals surface area contributed by atoms with Gasteiger partial charge in [0.2, 0.25) is 11.8 Å². The predicted molar refractivity (Wildman–Crippen MR) is 140 cm³/mol. The summed E-state index contributed by atoms with van der Waals surface area (Å²) in [6.45, 7) is -0.578. The topological polar surface area (TPSA) is 160 Å². The maximum Gasteiger partial charge on any atom is 0.390 e. The van der Waals surface area contributed by atoms with E-state index in [2.05, 4.69) is 20.9 Å². The molecular weight excluding hydrogens is 578 g/mol. The van der Waals surface area contributed by atoms with Crippen LogP contribution in [-0.4, -0.2) is 55.8 Å². The van der Waals surface area contributed by atoms with E-state index in [9.17, 15) is 40.4 Å². The molecule has 1 fully saturated rings. The molecule has 0 radical (unpaired) electrons. The van der Waals surface area contributed by atoms with E-state index in [1.807, 2.05) is 0 Å². The van der Waals surface area contributed by atoms with Gasteiger partial charge in [-0.1, -0.05) is 12.1 Å². The Bertz CT molecular complexity index is 1550. The number of nitrogens with two attached hydrogens (primary N) is 1. The van der Waals surface area contributed by atoms with Crippen molar-refractivity contribution in [1.82, 2.24) is 15.6 Å². The molecule has 1 aliphatic carbocycles. The quantitative estimate of drug-likeness (QED) is 0.261. The maximum atomic E-state index is 15.0. The molecule has 0 spiro atoms. The number of primary amides is 1. The van der Waals surface area contributed by atoms with Gasteiger partial charge in [0.25, 0.3) is 0 Å². The van der Waals surface area contributed by atoms with Crippen LogP contribution in [-0.2, 0) is 19.4 Å². The number of rotatable bonds is 10. The third-order valence-electron chi connectivity index (χ3n) is 5.81. The lowest BCUT2D eigenvalue weighted by atomic mass is 10.0. The molecule has 40 heavy (non-hydrogen) atoms. The van der Waals surface area contributed by atoms with Crippen LogP contribution in [0.4, 0.5) is 28.0 Å². The lowest BCUT2D eigenvalue weighted by molar-refractivity contribution is -0.130. The summed E-state index contributed by atoms with van der Waals surface area (Å²) in [5.41, 5.74) is 5.90. The predicted octanol–water partition coefficient (Wildman–Crippen LogP) is 3.40. The van der Waals surface area contributed by atoms with Gasteiger partial charge in [0.05, 0.1) is 28.9 Å². The maximum absolute atomic E-state index is 15.0. The van der Waals surface area contributed by atoms with Crippen LogP contribution >= 0.6 is 11.3 Å². The fraction of sp³-hybridized carbons (Fsp3) is 0.333. The molecule has 1 aliphatic rings. The molecule has 1 unspecified atom stereocenters. The van der Waals surface area contributed by atoms with Gasteiger partial charge in [0.15, 0.2) is 15.1 Å². The first-order valence-corrected chi connectivity index (χ1v) is 14.4. The molecular formula is C24H23F4N5O5S2. The molecule has 0 bridgehead atoms. The Kier molecular flexibility index (Phi) is 8.30. The van der Waals surface area contributed by atoms with Gasteiger partial charge >= 0.3 is 12.2 Å². The Labute approximate surface area is 229 Å². The molecule has 2 aromatic carbocycles. The Morgan fingerprint density at radius 3 is 2.40 bits per heavy atom. The second-order valence-corrected chi connectivity index (χ2v) is 12.4. The van der Waals surface area contributed by atoms with Gasteiger partial charge in [-0.3, -0.25) is 9.59 Å². The summed E-state index contributed by atoms with van der Waals surface area (Å²) in [4.78, 5) is 40.0. The van der Waals surface area contributed by atoms with Gasteiger partial charge in [-0.05, 0) is 36.6 Å². The molecule has 16 heteroatoms. The number of anilines is 1. The zero-order valence-corrected chi connectivity index (χ0v) is 22.2. The van der Waals surface area contributed by atoms with Crippen LogP contribution in [0.3, 0.4) is 0 Å². The minimum Gasteiger partial charge on any atom is -0.352 e. The monoisotopic (exact) mass is 601 g/mol. The molecule has 1 heterocycles. The number of benzene rings is 2. The van der Waals surface area contributed by atoms with Crippen LogP contribution in [0.25, 0.3) is 21.3 Å². The zero-order valence-electron chi connectivity index (χ0n) is 20.5. The third-order valence-corrected chi connectivity index (χ3v) is 8.98. The van der Waals surface area contributed by atoms with E-state index in [-0.39, 0.29) is 26.8 Å². The fourth-order valence-electron chi connectivity index (χ4n) is 3.75.